The Morgan fingerprint density at radius 1 is 0.378 bits per heavy atom. The quantitative estimate of drug-likeness (QED) is 0.222. The summed E-state index contributed by atoms with van der Waals surface area (Å²) in [5, 5.41) is 10.3. The molecule has 0 aliphatic carbocycles. The monoisotopic (exact) mass is 474 g/mol. The molecular formula is C34H18O3. The Hall–Kier alpha value is -5.02. The third-order valence-corrected chi connectivity index (χ3v) is 7.71. The van der Waals surface area contributed by atoms with Crippen molar-refractivity contribution in [2.75, 3.05) is 0 Å². The van der Waals surface area contributed by atoms with Gasteiger partial charge in [-0.2, -0.15) is 0 Å². The molecule has 0 amide bonds. The second-order valence-corrected chi connectivity index (χ2v) is 9.76. The lowest BCUT2D eigenvalue weighted by atomic mass is 9.91. The maximum Gasteiger partial charge on any atom is 0.136 e. The summed E-state index contributed by atoms with van der Waals surface area (Å²) in [4.78, 5) is 0. The molecule has 6 aromatic carbocycles. The van der Waals surface area contributed by atoms with Gasteiger partial charge in [-0.25, -0.2) is 0 Å². The molecular weight excluding hydrogens is 456 g/mol. The van der Waals surface area contributed by atoms with E-state index in [0.29, 0.717) is 0 Å². The molecule has 0 atom stereocenters. The van der Waals surface area contributed by atoms with E-state index in [4.69, 9.17) is 13.3 Å². The van der Waals surface area contributed by atoms with Gasteiger partial charge >= 0.3 is 0 Å². The second-order valence-electron chi connectivity index (χ2n) is 9.76. The lowest BCUT2D eigenvalue weighted by molar-refractivity contribution is 0.616. The summed E-state index contributed by atoms with van der Waals surface area (Å²) in [6.45, 7) is 0. The summed E-state index contributed by atoms with van der Waals surface area (Å²) in [5.74, 6) is 0. The van der Waals surface area contributed by atoms with Crippen LogP contribution >= 0.6 is 0 Å². The van der Waals surface area contributed by atoms with Crippen molar-refractivity contribution in [1.82, 2.24) is 0 Å². The first kappa shape index (κ1) is 19.2. The molecule has 172 valence electrons. The van der Waals surface area contributed by atoms with Gasteiger partial charge < -0.3 is 13.3 Å². The van der Waals surface area contributed by atoms with Crippen molar-refractivity contribution in [2.45, 2.75) is 0 Å². The predicted molar refractivity (Wildman–Crippen MR) is 151 cm³/mol. The average Bonchev–Trinajstić information content (AvgIpc) is 3.64. The molecule has 0 spiro atoms. The second kappa shape index (κ2) is 6.80. The lowest BCUT2D eigenvalue weighted by Gasteiger charge is -2.12. The Balaban J connectivity index is 1.45. The summed E-state index contributed by atoms with van der Waals surface area (Å²) in [6, 6.07) is 36.1. The number of hydrogen-bond donors (Lipinski definition) is 0. The molecule has 3 heterocycles. The summed E-state index contributed by atoms with van der Waals surface area (Å²) in [5.41, 5.74) is 6.82. The van der Waals surface area contributed by atoms with Gasteiger partial charge in [0.05, 0.1) is 6.26 Å². The zero-order valence-electron chi connectivity index (χ0n) is 19.6. The van der Waals surface area contributed by atoms with E-state index in [2.05, 4.69) is 72.8 Å². The summed E-state index contributed by atoms with van der Waals surface area (Å²) in [7, 11) is 0. The van der Waals surface area contributed by atoms with Crippen LogP contribution in [-0.4, -0.2) is 0 Å². The molecule has 3 aromatic heterocycles. The third-order valence-electron chi connectivity index (χ3n) is 7.71. The maximum absolute atomic E-state index is 6.29. The summed E-state index contributed by atoms with van der Waals surface area (Å²) < 4.78 is 18.2. The van der Waals surface area contributed by atoms with E-state index in [9.17, 15) is 0 Å². The van der Waals surface area contributed by atoms with Crippen molar-refractivity contribution in [3.8, 4) is 11.1 Å². The Kier molecular flexibility index (Phi) is 3.53. The number of fused-ring (bicyclic) bond motifs is 10. The zero-order valence-corrected chi connectivity index (χ0v) is 19.6. The van der Waals surface area contributed by atoms with Crippen LogP contribution in [0, 0.1) is 0 Å². The minimum Gasteiger partial charge on any atom is -0.464 e. The third kappa shape index (κ3) is 2.60. The van der Waals surface area contributed by atoms with Gasteiger partial charge in [0.15, 0.2) is 0 Å². The molecule has 0 unspecified atom stereocenters. The number of furan rings is 3. The first-order valence-corrected chi connectivity index (χ1v) is 12.4. The molecule has 3 heteroatoms. The van der Waals surface area contributed by atoms with E-state index in [-0.39, 0.29) is 0 Å². The van der Waals surface area contributed by atoms with Crippen LogP contribution in [0.5, 0.6) is 0 Å². The number of para-hydroxylation sites is 2. The molecule has 0 saturated heterocycles. The van der Waals surface area contributed by atoms with Crippen molar-refractivity contribution in [3.63, 3.8) is 0 Å². The lowest BCUT2D eigenvalue weighted by Crippen LogP contribution is -1.86. The molecule has 37 heavy (non-hydrogen) atoms. The van der Waals surface area contributed by atoms with Crippen LogP contribution in [0.2, 0.25) is 0 Å². The van der Waals surface area contributed by atoms with Crippen LogP contribution in [0.3, 0.4) is 0 Å². The van der Waals surface area contributed by atoms with Gasteiger partial charge in [0.25, 0.3) is 0 Å². The fourth-order valence-corrected chi connectivity index (χ4v) is 5.96. The van der Waals surface area contributed by atoms with E-state index in [1.165, 1.54) is 21.7 Å². The molecule has 0 fully saturated rings. The van der Waals surface area contributed by atoms with E-state index < -0.39 is 0 Å². The Morgan fingerprint density at radius 3 is 1.95 bits per heavy atom. The van der Waals surface area contributed by atoms with Gasteiger partial charge in [-0.1, -0.05) is 42.5 Å². The highest BCUT2D eigenvalue weighted by Crippen LogP contribution is 2.42. The van der Waals surface area contributed by atoms with Crippen molar-refractivity contribution < 1.29 is 13.3 Å². The Morgan fingerprint density at radius 2 is 1.11 bits per heavy atom. The minimum absolute atomic E-state index is 0.888. The zero-order chi connectivity index (χ0) is 24.1. The highest BCUT2D eigenvalue weighted by molar-refractivity contribution is 6.22. The van der Waals surface area contributed by atoms with Crippen molar-refractivity contribution in [1.29, 1.82) is 0 Å². The number of benzene rings is 6. The van der Waals surface area contributed by atoms with Gasteiger partial charge in [-0.05, 0) is 93.3 Å². The first-order valence-electron chi connectivity index (χ1n) is 12.4. The van der Waals surface area contributed by atoms with Crippen molar-refractivity contribution in [2.24, 2.45) is 0 Å². The number of rotatable bonds is 1. The molecule has 9 rings (SSSR count). The van der Waals surface area contributed by atoms with Crippen LogP contribution < -0.4 is 0 Å². The van der Waals surface area contributed by atoms with Crippen LogP contribution in [0.15, 0.2) is 123 Å². The van der Waals surface area contributed by atoms with E-state index in [1.54, 1.807) is 6.26 Å². The van der Waals surface area contributed by atoms with E-state index >= 15 is 0 Å². The predicted octanol–water partition coefficient (Wildman–Crippen LogP) is 10.2. The van der Waals surface area contributed by atoms with Crippen LogP contribution in [0.25, 0.3) is 87.5 Å². The minimum atomic E-state index is 0.888. The molecule has 0 saturated carbocycles. The molecule has 9 aromatic rings. The number of hydrogen-bond acceptors (Lipinski definition) is 3. The van der Waals surface area contributed by atoms with Crippen molar-refractivity contribution >= 4 is 76.4 Å². The van der Waals surface area contributed by atoms with Gasteiger partial charge in [0.2, 0.25) is 0 Å². The van der Waals surface area contributed by atoms with Gasteiger partial charge in [0, 0.05) is 26.9 Å². The van der Waals surface area contributed by atoms with Gasteiger partial charge in [0.1, 0.15) is 27.9 Å². The Labute approximate surface area is 210 Å². The fraction of sp³-hybridized carbons (Fsp3) is 0. The van der Waals surface area contributed by atoms with E-state index in [1.807, 2.05) is 30.3 Å². The van der Waals surface area contributed by atoms with Crippen LogP contribution in [0.4, 0.5) is 0 Å². The topological polar surface area (TPSA) is 39.4 Å². The molecule has 0 bridgehead atoms. The maximum atomic E-state index is 6.29. The summed E-state index contributed by atoms with van der Waals surface area (Å²) in [6.07, 6.45) is 1.75. The molecule has 0 aliphatic rings. The molecule has 0 radical (unpaired) electrons. The van der Waals surface area contributed by atoms with E-state index in [0.717, 1.165) is 65.8 Å². The normalized spacial score (nSPS) is 12.3. The SMILES string of the molecule is c1ccc2c(c1)oc1ccc(-c3cc4cc5occc5cc4c4cc5oc6ccccc6c5cc34)cc12. The van der Waals surface area contributed by atoms with Gasteiger partial charge in [-0.15, -0.1) is 0 Å². The average molecular weight is 475 g/mol. The van der Waals surface area contributed by atoms with Gasteiger partial charge in [-0.3, -0.25) is 0 Å². The highest BCUT2D eigenvalue weighted by Gasteiger charge is 2.16. The first-order chi connectivity index (χ1) is 18.3. The largest absolute Gasteiger partial charge is 0.464 e. The highest BCUT2D eigenvalue weighted by atomic mass is 16.3. The Bertz CT molecular complexity index is 2360. The summed E-state index contributed by atoms with van der Waals surface area (Å²) >= 11 is 0. The molecule has 3 nitrogen and oxygen atoms in total. The molecule has 0 N–H and O–H groups in total. The van der Waals surface area contributed by atoms with Crippen molar-refractivity contribution in [3.05, 3.63) is 109 Å². The fourth-order valence-electron chi connectivity index (χ4n) is 5.96. The standard InChI is InChI=1S/C34H18O3/c1-3-7-30-22(5-1)28-13-19(9-10-32(28)36-30)24-15-21-16-33-20(11-12-35-33)14-25(21)27-18-34-29(17-26(24)27)23-6-2-4-8-31(23)37-34/h1-18H. The van der Waals surface area contributed by atoms with Crippen LogP contribution in [-0.2, 0) is 0 Å². The molecule has 0 aliphatic heterocycles. The van der Waals surface area contributed by atoms with Crippen LogP contribution in [0.1, 0.15) is 0 Å². The smallest absolute Gasteiger partial charge is 0.136 e.